The van der Waals surface area contributed by atoms with E-state index in [1.54, 1.807) is 0 Å². The van der Waals surface area contributed by atoms with Crippen LogP contribution in [0.5, 0.6) is 0 Å². The van der Waals surface area contributed by atoms with Crippen molar-refractivity contribution in [2.45, 2.75) is 39.2 Å². The number of carbonyl (C=O) groups excluding carboxylic acids is 1. The first-order chi connectivity index (χ1) is 9.65. The minimum Gasteiger partial charge on any atom is -0.359 e. The number of likely N-dealkylation sites (tertiary alicyclic amines) is 1. The summed E-state index contributed by atoms with van der Waals surface area (Å²) in [5.41, 5.74) is 2.62. The van der Waals surface area contributed by atoms with Crippen LogP contribution in [-0.4, -0.2) is 36.5 Å². The lowest BCUT2D eigenvalue weighted by Crippen LogP contribution is -2.46. The summed E-state index contributed by atoms with van der Waals surface area (Å²) in [6, 6.07) is 8.91. The second-order valence-electron chi connectivity index (χ2n) is 6.40. The zero-order valence-electron chi connectivity index (χ0n) is 12.5. The average molecular weight is 272 g/mol. The van der Waals surface area contributed by atoms with Gasteiger partial charge in [-0.3, -0.25) is 4.79 Å². The van der Waals surface area contributed by atoms with Crippen molar-refractivity contribution in [2.24, 2.45) is 5.92 Å². The SMILES string of the molecule is CC1CCCN(C(=O)CN2c3ccccc3CC2C)C1. The molecule has 0 aliphatic carbocycles. The standard InChI is InChI=1S/C17H24N2O/c1-13-6-5-9-18(11-13)17(20)12-19-14(2)10-15-7-3-4-8-16(15)19/h3-4,7-8,13-14H,5-6,9-12H2,1-2H3. The topological polar surface area (TPSA) is 23.6 Å². The van der Waals surface area contributed by atoms with E-state index in [1.807, 2.05) is 0 Å². The summed E-state index contributed by atoms with van der Waals surface area (Å²) in [4.78, 5) is 16.9. The lowest BCUT2D eigenvalue weighted by molar-refractivity contribution is -0.131. The van der Waals surface area contributed by atoms with Gasteiger partial charge in [0, 0.05) is 24.8 Å². The molecule has 2 unspecified atom stereocenters. The van der Waals surface area contributed by atoms with Gasteiger partial charge >= 0.3 is 0 Å². The van der Waals surface area contributed by atoms with E-state index in [1.165, 1.54) is 17.7 Å². The monoisotopic (exact) mass is 272 g/mol. The Morgan fingerprint density at radius 1 is 1.30 bits per heavy atom. The molecule has 0 saturated carbocycles. The van der Waals surface area contributed by atoms with Crippen LogP contribution in [0.4, 0.5) is 5.69 Å². The molecule has 1 fully saturated rings. The van der Waals surface area contributed by atoms with Crippen molar-refractivity contribution in [3.63, 3.8) is 0 Å². The molecular weight excluding hydrogens is 248 g/mol. The molecule has 2 aliphatic rings. The van der Waals surface area contributed by atoms with Crippen LogP contribution in [0.2, 0.25) is 0 Å². The number of hydrogen-bond donors (Lipinski definition) is 0. The smallest absolute Gasteiger partial charge is 0.242 e. The summed E-state index contributed by atoms with van der Waals surface area (Å²) in [7, 11) is 0. The molecule has 20 heavy (non-hydrogen) atoms. The maximum atomic E-state index is 12.5. The van der Waals surface area contributed by atoms with Crippen LogP contribution in [0.25, 0.3) is 0 Å². The fourth-order valence-corrected chi connectivity index (χ4v) is 3.53. The summed E-state index contributed by atoms with van der Waals surface area (Å²) in [6.45, 7) is 6.86. The summed E-state index contributed by atoms with van der Waals surface area (Å²) in [5, 5.41) is 0. The Labute approximate surface area is 121 Å². The third kappa shape index (κ3) is 2.54. The number of piperidine rings is 1. The fourth-order valence-electron chi connectivity index (χ4n) is 3.53. The van der Waals surface area contributed by atoms with Gasteiger partial charge in [0.15, 0.2) is 0 Å². The van der Waals surface area contributed by atoms with Gasteiger partial charge in [0.1, 0.15) is 0 Å². The third-order valence-corrected chi connectivity index (χ3v) is 4.66. The van der Waals surface area contributed by atoms with Crippen molar-refractivity contribution >= 4 is 11.6 Å². The van der Waals surface area contributed by atoms with E-state index < -0.39 is 0 Å². The number of anilines is 1. The number of benzene rings is 1. The highest BCUT2D eigenvalue weighted by molar-refractivity contribution is 5.82. The van der Waals surface area contributed by atoms with Gasteiger partial charge in [-0.05, 0) is 43.7 Å². The molecule has 1 saturated heterocycles. The van der Waals surface area contributed by atoms with E-state index in [0.717, 1.165) is 25.9 Å². The predicted octanol–water partition coefficient (Wildman–Crippen LogP) is 2.70. The minimum absolute atomic E-state index is 0.292. The maximum absolute atomic E-state index is 12.5. The van der Waals surface area contributed by atoms with Crippen molar-refractivity contribution in [2.75, 3.05) is 24.5 Å². The minimum atomic E-state index is 0.292. The highest BCUT2D eigenvalue weighted by atomic mass is 16.2. The average Bonchev–Trinajstić information content (AvgIpc) is 2.75. The van der Waals surface area contributed by atoms with Gasteiger partial charge in [-0.2, -0.15) is 0 Å². The van der Waals surface area contributed by atoms with Gasteiger partial charge in [-0.1, -0.05) is 25.1 Å². The first-order valence-corrected chi connectivity index (χ1v) is 7.77. The Balaban J connectivity index is 1.70. The fraction of sp³-hybridized carbons (Fsp3) is 0.588. The molecule has 0 aromatic heterocycles. The molecule has 0 bridgehead atoms. The maximum Gasteiger partial charge on any atom is 0.242 e. The van der Waals surface area contributed by atoms with Crippen molar-refractivity contribution in [3.8, 4) is 0 Å². The summed E-state index contributed by atoms with van der Waals surface area (Å²) >= 11 is 0. The number of amides is 1. The van der Waals surface area contributed by atoms with Crippen LogP contribution in [0.1, 0.15) is 32.3 Å². The molecule has 2 aliphatic heterocycles. The number of fused-ring (bicyclic) bond motifs is 1. The Bertz CT molecular complexity index is 500. The van der Waals surface area contributed by atoms with Gasteiger partial charge in [-0.15, -0.1) is 0 Å². The molecule has 1 aromatic rings. The number of para-hydroxylation sites is 1. The van der Waals surface area contributed by atoms with Crippen LogP contribution in [-0.2, 0) is 11.2 Å². The summed E-state index contributed by atoms with van der Waals surface area (Å²) < 4.78 is 0. The zero-order valence-corrected chi connectivity index (χ0v) is 12.5. The van der Waals surface area contributed by atoms with Crippen LogP contribution >= 0.6 is 0 Å². The number of rotatable bonds is 2. The first-order valence-electron chi connectivity index (χ1n) is 7.77. The molecule has 3 heteroatoms. The highest BCUT2D eigenvalue weighted by Gasteiger charge is 2.29. The Morgan fingerprint density at radius 2 is 2.10 bits per heavy atom. The third-order valence-electron chi connectivity index (χ3n) is 4.66. The van der Waals surface area contributed by atoms with Gasteiger partial charge in [0.05, 0.1) is 6.54 Å². The highest BCUT2D eigenvalue weighted by Crippen LogP contribution is 2.31. The largest absolute Gasteiger partial charge is 0.359 e. The lowest BCUT2D eigenvalue weighted by atomic mass is 10.0. The number of hydrogen-bond acceptors (Lipinski definition) is 2. The molecule has 2 atom stereocenters. The normalized spacial score (nSPS) is 25.7. The molecule has 1 aromatic carbocycles. The molecule has 108 valence electrons. The van der Waals surface area contributed by atoms with E-state index in [2.05, 4.69) is 47.9 Å². The molecule has 0 radical (unpaired) electrons. The van der Waals surface area contributed by atoms with Gasteiger partial charge in [-0.25, -0.2) is 0 Å². The summed E-state index contributed by atoms with van der Waals surface area (Å²) in [5.74, 6) is 0.941. The van der Waals surface area contributed by atoms with E-state index in [4.69, 9.17) is 0 Å². The molecule has 3 rings (SSSR count). The second-order valence-corrected chi connectivity index (χ2v) is 6.40. The summed E-state index contributed by atoms with van der Waals surface area (Å²) in [6.07, 6.45) is 3.46. The Hall–Kier alpha value is -1.51. The van der Waals surface area contributed by atoms with Crippen molar-refractivity contribution < 1.29 is 4.79 Å². The van der Waals surface area contributed by atoms with Gasteiger partial charge in [0.2, 0.25) is 5.91 Å². The molecule has 2 heterocycles. The first kappa shape index (κ1) is 13.5. The predicted molar refractivity (Wildman–Crippen MR) is 81.9 cm³/mol. The molecule has 0 N–H and O–H groups in total. The van der Waals surface area contributed by atoms with Crippen molar-refractivity contribution in [1.29, 1.82) is 0 Å². The second kappa shape index (κ2) is 5.47. The van der Waals surface area contributed by atoms with E-state index in [0.29, 0.717) is 24.4 Å². The lowest BCUT2D eigenvalue weighted by Gasteiger charge is -2.33. The Kier molecular flexibility index (Phi) is 3.68. The van der Waals surface area contributed by atoms with Gasteiger partial charge < -0.3 is 9.80 Å². The van der Waals surface area contributed by atoms with E-state index in [-0.39, 0.29) is 0 Å². The molecular formula is C17H24N2O. The zero-order chi connectivity index (χ0) is 14.1. The van der Waals surface area contributed by atoms with E-state index >= 15 is 0 Å². The molecule has 3 nitrogen and oxygen atoms in total. The van der Waals surface area contributed by atoms with Crippen molar-refractivity contribution in [3.05, 3.63) is 29.8 Å². The number of carbonyl (C=O) groups is 1. The molecule has 1 amide bonds. The van der Waals surface area contributed by atoms with Crippen molar-refractivity contribution in [1.82, 2.24) is 4.90 Å². The van der Waals surface area contributed by atoms with Crippen LogP contribution in [0.3, 0.4) is 0 Å². The van der Waals surface area contributed by atoms with Gasteiger partial charge in [0.25, 0.3) is 0 Å². The quantitative estimate of drug-likeness (QED) is 0.826. The molecule has 0 spiro atoms. The Morgan fingerprint density at radius 3 is 2.90 bits per heavy atom. The van der Waals surface area contributed by atoms with Crippen LogP contribution < -0.4 is 4.90 Å². The van der Waals surface area contributed by atoms with Crippen LogP contribution in [0, 0.1) is 5.92 Å². The van der Waals surface area contributed by atoms with E-state index in [9.17, 15) is 4.79 Å². The van der Waals surface area contributed by atoms with Crippen LogP contribution in [0.15, 0.2) is 24.3 Å². The number of nitrogens with zero attached hydrogens (tertiary/aromatic N) is 2.